The van der Waals surface area contributed by atoms with E-state index in [1.165, 1.54) is 11.8 Å². The number of rotatable bonds is 13. The van der Waals surface area contributed by atoms with Crippen molar-refractivity contribution in [1.82, 2.24) is 31.5 Å². The summed E-state index contributed by atoms with van der Waals surface area (Å²) in [6.45, 7) is 10.9. The molecular weight excluding hydrogens is 632 g/mol. The minimum Gasteiger partial charge on any atom is -0.412 e. The zero-order valence-electron chi connectivity index (χ0n) is 28.5. The van der Waals surface area contributed by atoms with Crippen LogP contribution >= 0.6 is 11.8 Å². The van der Waals surface area contributed by atoms with Crippen LogP contribution in [0.25, 0.3) is 0 Å². The second-order valence-electron chi connectivity index (χ2n) is 13.9. The molecule has 12 nitrogen and oxygen atoms in total. The average Bonchev–Trinajstić information content (AvgIpc) is 3.60. The fraction of sp³-hybridized carbons (Fsp3) is 0.543. The van der Waals surface area contributed by atoms with Gasteiger partial charge in [-0.3, -0.25) is 29.4 Å². The number of amides is 4. The summed E-state index contributed by atoms with van der Waals surface area (Å²) in [5.74, 6) is -1.03. The van der Waals surface area contributed by atoms with Crippen LogP contribution < -0.4 is 26.6 Å². The molecule has 264 valence electrons. The van der Waals surface area contributed by atoms with Crippen molar-refractivity contribution in [2.75, 3.05) is 19.6 Å². The van der Waals surface area contributed by atoms with E-state index in [1.807, 2.05) is 100 Å². The molecule has 13 heteroatoms. The fourth-order valence-corrected chi connectivity index (χ4v) is 7.48. The van der Waals surface area contributed by atoms with E-state index in [0.29, 0.717) is 13.1 Å². The SMILES string of the molecule is CC(C)(C)NC(=O)[C@@H]1CCCN1CC(O)CNC(=O)[C@@H]1N[C@@H](C(NC(=O)Cc2ccccc2)C(=O)NCc2ccccc2)SC1(C)C.O. The Morgan fingerprint density at radius 1 is 0.979 bits per heavy atom. The van der Waals surface area contributed by atoms with Crippen LogP contribution in [0.5, 0.6) is 0 Å². The Bertz CT molecular complexity index is 1370. The second-order valence-corrected chi connectivity index (χ2v) is 15.7. The minimum atomic E-state index is -0.950. The van der Waals surface area contributed by atoms with E-state index in [-0.39, 0.29) is 60.2 Å². The number of nitrogens with one attached hydrogen (secondary N) is 5. The minimum absolute atomic E-state index is 0. The van der Waals surface area contributed by atoms with Crippen LogP contribution in [0.4, 0.5) is 0 Å². The van der Waals surface area contributed by atoms with Crippen LogP contribution in [0.3, 0.4) is 0 Å². The predicted octanol–water partition coefficient (Wildman–Crippen LogP) is 0.872. The lowest BCUT2D eigenvalue weighted by molar-refractivity contribution is -0.129. The van der Waals surface area contributed by atoms with Crippen molar-refractivity contribution in [3.63, 3.8) is 0 Å². The smallest absolute Gasteiger partial charge is 0.245 e. The highest BCUT2D eigenvalue weighted by Gasteiger charge is 2.49. The molecule has 2 aromatic rings. The summed E-state index contributed by atoms with van der Waals surface area (Å²) in [7, 11) is 0. The van der Waals surface area contributed by atoms with Crippen LogP contribution in [0, 0.1) is 0 Å². The van der Waals surface area contributed by atoms with Gasteiger partial charge in [0.2, 0.25) is 23.6 Å². The maximum absolute atomic E-state index is 13.6. The van der Waals surface area contributed by atoms with Crippen LogP contribution in [0.2, 0.25) is 0 Å². The lowest BCUT2D eigenvalue weighted by atomic mass is 10.0. The second kappa shape index (κ2) is 17.3. The monoisotopic (exact) mass is 684 g/mol. The molecule has 48 heavy (non-hydrogen) atoms. The van der Waals surface area contributed by atoms with Gasteiger partial charge in [-0.15, -0.1) is 11.8 Å². The molecule has 2 unspecified atom stereocenters. The number of nitrogens with zero attached hydrogens (tertiary/aromatic N) is 1. The van der Waals surface area contributed by atoms with Gasteiger partial charge >= 0.3 is 0 Å². The lowest BCUT2D eigenvalue weighted by Gasteiger charge is -2.30. The van der Waals surface area contributed by atoms with Crippen LogP contribution in [-0.4, -0.2) is 98.6 Å². The molecule has 2 saturated heterocycles. The molecule has 2 aliphatic heterocycles. The van der Waals surface area contributed by atoms with Crippen LogP contribution in [0.15, 0.2) is 60.7 Å². The van der Waals surface area contributed by atoms with E-state index in [0.717, 1.165) is 24.0 Å². The van der Waals surface area contributed by atoms with Gasteiger partial charge in [0.15, 0.2) is 0 Å². The van der Waals surface area contributed by atoms with Gasteiger partial charge in [-0.2, -0.15) is 0 Å². The van der Waals surface area contributed by atoms with E-state index in [1.54, 1.807) is 0 Å². The van der Waals surface area contributed by atoms with Gasteiger partial charge in [0.1, 0.15) is 12.1 Å². The summed E-state index contributed by atoms with van der Waals surface area (Å²) in [6.07, 6.45) is 0.828. The summed E-state index contributed by atoms with van der Waals surface area (Å²) in [5.41, 5.74) is 1.40. The summed E-state index contributed by atoms with van der Waals surface area (Å²) in [5, 5.41) is 25.3. The molecule has 8 N–H and O–H groups in total. The van der Waals surface area contributed by atoms with Crippen molar-refractivity contribution >= 4 is 35.4 Å². The number of β-amino-alcohol motifs (C(OH)–C–C–N with tert-alkyl or cyclic N) is 1. The number of aliphatic hydroxyl groups excluding tert-OH is 1. The quantitative estimate of drug-likeness (QED) is 0.180. The molecule has 0 saturated carbocycles. The average molecular weight is 685 g/mol. The van der Waals surface area contributed by atoms with E-state index in [2.05, 4.69) is 26.6 Å². The van der Waals surface area contributed by atoms with Gasteiger partial charge < -0.3 is 31.8 Å². The summed E-state index contributed by atoms with van der Waals surface area (Å²) < 4.78 is -0.632. The number of thioether (sulfide) groups is 1. The third kappa shape index (κ3) is 11.3. The van der Waals surface area contributed by atoms with Crippen molar-refractivity contribution in [2.45, 2.75) is 100 Å². The molecular formula is C35H52N6O6S. The summed E-state index contributed by atoms with van der Waals surface area (Å²) in [4.78, 5) is 54.9. The maximum atomic E-state index is 13.6. The number of carbonyl (C=O) groups is 4. The topological polar surface area (TPSA) is 183 Å². The maximum Gasteiger partial charge on any atom is 0.245 e. The lowest BCUT2D eigenvalue weighted by Crippen LogP contribution is -2.58. The molecule has 0 aromatic heterocycles. The Hall–Kier alpha value is -3.49. The molecule has 0 radical (unpaired) electrons. The first-order chi connectivity index (χ1) is 22.2. The molecule has 2 fully saturated rings. The number of aliphatic hydroxyl groups is 1. The van der Waals surface area contributed by atoms with Gasteiger partial charge in [-0.25, -0.2) is 0 Å². The van der Waals surface area contributed by atoms with E-state index >= 15 is 0 Å². The summed E-state index contributed by atoms with van der Waals surface area (Å²) >= 11 is 1.42. The molecule has 5 atom stereocenters. The largest absolute Gasteiger partial charge is 0.412 e. The first-order valence-corrected chi connectivity index (χ1v) is 17.2. The fourth-order valence-electron chi connectivity index (χ4n) is 5.98. The Morgan fingerprint density at radius 3 is 2.23 bits per heavy atom. The number of likely N-dealkylation sites (tertiary alicyclic amines) is 1. The van der Waals surface area contributed by atoms with Crippen molar-refractivity contribution in [1.29, 1.82) is 0 Å². The van der Waals surface area contributed by atoms with Crippen molar-refractivity contribution < 1.29 is 29.8 Å². The van der Waals surface area contributed by atoms with E-state index in [9.17, 15) is 24.3 Å². The molecule has 2 heterocycles. The van der Waals surface area contributed by atoms with Gasteiger partial charge in [0, 0.05) is 29.9 Å². The Kier molecular flexibility index (Phi) is 14.0. The van der Waals surface area contributed by atoms with Crippen LogP contribution in [0.1, 0.15) is 58.6 Å². The van der Waals surface area contributed by atoms with Gasteiger partial charge in [0.25, 0.3) is 0 Å². The molecule has 0 bridgehead atoms. The number of hydrogen-bond acceptors (Lipinski definition) is 8. The third-order valence-corrected chi connectivity index (χ3v) is 9.76. The van der Waals surface area contributed by atoms with Crippen molar-refractivity contribution in [3.05, 3.63) is 71.8 Å². The van der Waals surface area contributed by atoms with E-state index < -0.39 is 28.3 Å². The molecule has 0 spiro atoms. The zero-order valence-corrected chi connectivity index (χ0v) is 29.4. The van der Waals surface area contributed by atoms with Gasteiger partial charge in [-0.1, -0.05) is 60.7 Å². The van der Waals surface area contributed by atoms with Crippen molar-refractivity contribution in [3.8, 4) is 0 Å². The highest BCUT2D eigenvalue weighted by molar-refractivity contribution is 8.01. The van der Waals surface area contributed by atoms with Crippen molar-refractivity contribution in [2.24, 2.45) is 0 Å². The first-order valence-electron chi connectivity index (χ1n) is 16.3. The molecule has 4 amide bonds. The molecule has 4 rings (SSSR count). The number of carbonyl (C=O) groups excluding carboxylic acids is 4. The third-order valence-electron chi connectivity index (χ3n) is 8.26. The molecule has 0 aliphatic carbocycles. The first kappa shape index (κ1) is 39.0. The summed E-state index contributed by atoms with van der Waals surface area (Å²) in [6, 6.07) is 16.9. The Labute approximate surface area is 287 Å². The van der Waals surface area contributed by atoms with Crippen LogP contribution in [-0.2, 0) is 32.1 Å². The predicted molar refractivity (Wildman–Crippen MR) is 188 cm³/mol. The zero-order chi connectivity index (χ0) is 34.2. The normalized spacial score (nSPS) is 21.8. The highest BCUT2D eigenvalue weighted by Crippen LogP contribution is 2.39. The van der Waals surface area contributed by atoms with Gasteiger partial charge in [0.05, 0.1) is 23.9 Å². The van der Waals surface area contributed by atoms with E-state index in [4.69, 9.17) is 0 Å². The Morgan fingerprint density at radius 2 is 1.60 bits per heavy atom. The number of hydrogen-bond donors (Lipinski definition) is 6. The highest BCUT2D eigenvalue weighted by atomic mass is 32.2. The molecule has 2 aliphatic rings. The van der Waals surface area contributed by atoms with Gasteiger partial charge in [-0.05, 0) is 65.1 Å². The standard InChI is InChI=1S/C35H50N6O5S.H2O/c1-34(2,3)40-30(44)26-17-12-18-41(26)22-25(42)21-37-32(46)29-35(4,5)47-33(39-29)28(31(45)36-20-24-15-10-7-11-16-24)38-27(43)19-23-13-8-6-9-14-23;/h6-11,13-16,25-26,28-29,33,39,42H,12,17-22H2,1-5H3,(H,36,45)(H,37,46)(H,38,43)(H,40,44);1H2/t25?,26-,28?,29-,33+;/m0./s1. The molecule has 2 aromatic carbocycles. The Balaban J connectivity index is 0.00000625. The number of benzene rings is 2.